The second-order valence-corrected chi connectivity index (χ2v) is 4.76. The first-order valence-electron chi connectivity index (χ1n) is 6.40. The highest BCUT2D eigenvalue weighted by Gasteiger charge is 2.05. The second-order valence-electron chi connectivity index (χ2n) is 4.76. The van der Waals surface area contributed by atoms with Gasteiger partial charge in [0.2, 0.25) is 0 Å². The molecule has 100 valence electrons. The Morgan fingerprint density at radius 2 is 1.84 bits per heavy atom. The van der Waals surface area contributed by atoms with Crippen LogP contribution < -0.4 is 5.32 Å². The molecule has 0 heterocycles. The average Bonchev–Trinajstić information content (AvgIpc) is 2.41. The molecule has 0 fully saturated rings. The molecule has 0 bridgehead atoms. The van der Waals surface area contributed by atoms with Crippen molar-refractivity contribution in [2.24, 2.45) is 0 Å². The average molecular weight is 259 g/mol. The van der Waals surface area contributed by atoms with Gasteiger partial charge in [0.15, 0.2) is 11.6 Å². The van der Waals surface area contributed by atoms with Crippen molar-refractivity contribution in [2.75, 3.05) is 0 Å². The third kappa shape index (κ3) is 4.07. The van der Waals surface area contributed by atoms with Crippen LogP contribution in [0.15, 0.2) is 48.5 Å². The van der Waals surface area contributed by atoms with E-state index in [9.17, 15) is 4.39 Å². The van der Waals surface area contributed by atoms with Crippen molar-refractivity contribution in [3.8, 4) is 5.75 Å². The van der Waals surface area contributed by atoms with Crippen LogP contribution in [0.25, 0.3) is 0 Å². The van der Waals surface area contributed by atoms with Gasteiger partial charge >= 0.3 is 0 Å². The van der Waals surface area contributed by atoms with E-state index in [0.29, 0.717) is 12.6 Å². The fourth-order valence-electron chi connectivity index (χ4n) is 1.99. The monoisotopic (exact) mass is 259 g/mol. The lowest BCUT2D eigenvalue weighted by Crippen LogP contribution is -2.27. The fraction of sp³-hybridized carbons (Fsp3) is 0.250. The molecule has 2 rings (SSSR count). The van der Waals surface area contributed by atoms with Gasteiger partial charge in [0.05, 0.1) is 0 Å². The molecule has 2 nitrogen and oxygen atoms in total. The third-order valence-electron chi connectivity index (χ3n) is 3.05. The maximum Gasteiger partial charge on any atom is 0.165 e. The van der Waals surface area contributed by atoms with Crippen molar-refractivity contribution in [1.29, 1.82) is 0 Å². The highest BCUT2D eigenvalue weighted by atomic mass is 19.1. The van der Waals surface area contributed by atoms with Crippen molar-refractivity contribution >= 4 is 0 Å². The van der Waals surface area contributed by atoms with Crippen molar-refractivity contribution < 1.29 is 9.50 Å². The predicted octanol–water partition coefficient (Wildman–Crippen LogP) is 3.25. The van der Waals surface area contributed by atoms with Crippen LogP contribution in [0.4, 0.5) is 4.39 Å². The van der Waals surface area contributed by atoms with Crippen molar-refractivity contribution in [1.82, 2.24) is 5.32 Å². The second kappa shape index (κ2) is 6.34. The van der Waals surface area contributed by atoms with Gasteiger partial charge in [-0.05, 0) is 36.6 Å². The Bertz CT molecular complexity index is 528. The number of halogens is 1. The highest BCUT2D eigenvalue weighted by Crippen LogP contribution is 2.16. The summed E-state index contributed by atoms with van der Waals surface area (Å²) < 4.78 is 13.2. The molecule has 0 spiro atoms. The van der Waals surface area contributed by atoms with E-state index in [0.717, 1.165) is 12.0 Å². The normalized spacial score (nSPS) is 12.3. The van der Waals surface area contributed by atoms with Crippen LogP contribution in [-0.4, -0.2) is 11.1 Å². The molecule has 3 heteroatoms. The van der Waals surface area contributed by atoms with E-state index in [1.807, 2.05) is 18.2 Å². The van der Waals surface area contributed by atoms with Gasteiger partial charge < -0.3 is 10.4 Å². The van der Waals surface area contributed by atoms with Gasteiger partial charge in [0, 0.05) is 12.6 Å². The van der Waals surface area contributed by atoms with Gasteiger partial charge in [0.25, 0.3) is 0 Å². The molecule has 0 aliphatic heterocycles. The summed E-state index contributed by atoms with van der Waals surface area (Å²) in [5.41, 5.74) is 2.11. The van der Waals surface area contributed by atoms with E-state index in [1.165, 1.54) is 17.7 Å². The molecule has 0 radical (unpaired) electrons. The van der Waals surface area contributed by atoms with Crippen molar-refractivity contribution in [3.05, 3.63) is 65.5 Å². The molecule has 0 amide bonds. The predicted molar refractivity (Wildman–Crippen MR) is 74.5 cm³/mol. The largest absolute Gasteiger partial charge is 0.505 e. The van der Waals surface area contributed by atoms with Crippen LogP contribution in [0.5, 0.6) is 5.75 Å². The summed E-state index contributed by atoms with van der Waals surface area (Å²) in [6, 6.07) is 15.0. The maximum atomic E-state index is 13.2. The molecule has 0 aliphatic rings. The third-order valence-corrected chi connectivity index (χ3v) is 3.05. The van der Waals surface area contributed by atoms with E-state index in [4.69, 9.17) is 5.11 Å². The Balaban J connectivity index is 1.86. The van der Waals surface area contributed by atoms with Crippen LogP contribution in [0.2, 0.25) is 0 Å². The molecule has 0 saturated heterocycles. The van der Waals surface area contributed by atoms with Gasteiger partial charge in [-0.15, -0.1) is 0 Å². The van der Waals surface area contributed by atoms with Gasteiger partial charge in [-0.2, -0.15) is 0 Å². The summed E-state index contributed by atoms with van der Waals surface area (Å²) in [6.45, 7) is 2.69. The number of phenolic OH excluding ortho intramolecular Hbond substituents is 1. The molecule has 0 saturated carbocycles. The van der Waals surface area contributed by atoms with Crippen LogP contribution >= 0.6 is 0 Å². The molecule has 19 heavy (non-hydrogen) atoms. The Morgan fingerprint density at radius 1 is 1.11 bits per heavy atom. The van der Waals surface area contributed by atoms with E-state index >= 15 is 0 Å². The SMILES string of the molecule is CC(Cc1ccccc1)NCc1ccc(O)c(F)c1. The fourth-order valence-corrected chi connectivity index (χ4v) is 1.99. The smallest absolute Gasteiger partial charge is 0.165 e. The van der Waals surface area contributed by atoms with E-state index in [2.05, 4.69) is 24.4 Å². The Kier molecular flexibility index (Phi) is 4.53. The lowest BCUT2D eigenvalue weighted by molar-refractivity contribution is 0.431. The number of phenols is 1. The highest BCUT2D eigenvalue weighted by molar-refractivity contribution is 5.28. The van der Waals surface area contributed by atoms with E-state index < -0.39 is 5.82 Å². The first-order chi connectivity index (χ1) is 9.15. The summed E-state index contributed by atoms with van der Waals surface area (Å²) in [5.74, 6) is -0.879. The minimum atomic E-state index is -0.574. The number of rotatable bonds is 5. The number of hydrogen-bond acceptors (Lipinski definition) is 2. The molecular weight excluding hydrogens is 241 g/mol. The molecule has 2 aromatic rings. The van der Waals surface area contributed by atoms with Crippen LogP contribution in [0.3, 0.4) is 0 Å². The minimum absolute atomic E-state index is 0.305. The summed E-state index contributed by atoms with van der Waals surface area (Å²) in [4.78, 5) is 0. The summed E-state index contributed by atoms with van der Waals surface area (Å²) >= 11 is 0. The topological polar surface area (TPSA) is 32.3 Å². The zero-order valence-corrected chi connectivity index (χ0v) is 10.9. The lowest BCUT2D eigenvalue weighted by Gasteiger charge is -2.14. The Labute approximate surface area is 112 Å². The zero-order chi connectivity index (χ0) is 13.7. The maximum absolute atomic E-state index is 13.2. The molecule has 0 aliphatic carbocycles. The van der Waals surface area contributed by atoms with Crippen LogP contribution in [-0.2, 0) is 13.0 Å². The summed E-state index contributed by atoms with van der Waals surface area (Å²) in [5, 5.41) is 12.5. The molecular formula is C16H18FNO. The first-order valence-corrected chi connectivity index (χ1v) is 6.40. The van der Waals surface area contributed by atoms with E-state index in [-0.39, 0.29) is 5.75 Å². The molecule has 2 aromatic carbocycles. The molecule has 2 N–H and O–H groups in total. The number of aromatic hydroxyl groups is 1. The van der Waals surface area contributed by atoms with Gasteiger partial charge in [-0.1, -0.05) is 36.4 Å². The standard InChI is InChI=1S/C16H18FNO/c1-12(9-13-5-3-2-4-6-13)18-11-14-7-8-16(19)15(17)10-14/h2-8,10,12,18-19H,9,11H2,1H3. The first kappa shape index (κ1) is 13.6. The molecule has 1 unspecified atom stereocenters. The van der Waals surface area contributed by atoms with Gasteiger partial charge in [0.1, 0.15) is 0 Å². The Morgan fingerprint density at radius 3 is 2.53 bits per heavy atom. The van der Waals surface area contributed by atoms with Crippen LogP contribution in [0, 0.1) is 5.82 Å². The quantitative estimate of drug-likeness (QED) is 0.864. The number of hydrogen-bond donors (Lipinski definition) is 2. The van der Waals surface area contributed by atoms with Crippen molar-refractivity contribution in [2.45, 2.75) is 25.9 Å². The summed E-state index contributed by atoms with van der Waals surface area (Å²) in [7, 11) is 0. The van der Waals surface area contributed by atoms with E-state index in [1.54, 1.807) is 6.07 Å². The number of nitrogens with one attached hydrogen (secondary N) is 1. The zero-order valence-electron chi connectivity index (χ0n) is 10.9. The van der Waals surface area contributed by atoms with Crippen molar-refractivity contribution in [3.63, 3.8) is 0 Å². The van der Waals surface area contributed by atoms with Crippen LogP contribution in [0.1, 0.15) is 18.1 Å². The summed E-state index contributed by atoms with van der Waals surface area (Å²) in [6.07, 6.45) is 0.932. The van der Waals surface area contributed by atoms with Gasteiger partial charge in [-0.3, -0.25) is 0 Å². The molecule has 1 atom stereocenters. The lowest BCUT2D eigenvalue weighted by atomic mass is 10.1. The Hall–Kier alpha value is -1.87. The number of benzene rings is 2. The molecule has 0 aromatic heterocycles. The minimum Gasteiger partial charge on any atom is -0.505 e. The van der Waals surface area contributed by atoms with Gasteiger partial charge in [-0.25, -0.2) is 4.39 Å².